The maximum Gasteiger partial charge on any atom is 0.306 e. The van der Waals surface area contributed by atoms with Crippen LogP contribution in [0.25, 0.3) is 0 Å². The summed E-state index contributed by atoms with van der Waals surface area (Å²) in [6.07, 6.45) is 54.6. The zero-order valence-electron chi connectivity index (χ0n) is 43.8. The molecule has 0 radical (unpaired) electrons. The van der Waals surface area contributed by atoms with E-state index in [1.807, 2.05) is 21.1 Å². The summed E-state index contributed by atoms with van der Waals surface area (Å²) < 4.78 is 22.7. The van der Waals surface area contributed by atoms with Crippen molar-refractivity contribution in [2.75, 3.05) is 47.5 Å². The number of ether oxygens (including phenoxy) is 4. The van der Waals surface area contributed by atoms with E-state index in [9.17, 15) is 19.5 Å². The molecular formula is C57H105NO8. The maximum atomic E-state index is 12.8. The highest BCUT2D eigenvalue weighted by Gasteiger charge is 2.22. The van der Waals surface area contributed by atoms with Crippen LogP contribution in [0.15, 0.2) is 36.5 Å². The van der Waals surface area contributed by atoms with Gasteiger partial charge in [0.05, 0.1) is 40.3 Å². The minimum absolute atomic E-state index is 0.148. The molecular weight excluding hydrogens is 827 g/mol. The summed E-state index contributed by atoms with van der Waals surface area (Å²) in [5, 5.41) is 11.7. The molecule has 66 heavy (non-hydrogen) atoms. The first-order chi connectivity index (χ1) is 32.1. The first-order valence-corrected chi connectivity index (χ1v) is 27.6. The monoisotopic (exact) mass is 932 g/mol. The molecule has 0 aromatic carbocycles. The van der Waals surface area contributed by atoms with Crippen molar-refractivity contribution in [2.45, 2.75) is 264 Å². The number of carbonyl (C=O) groups excluding carboxylic acids is 3. The zero-order valence-corrected chi connectivity index (χ0v) is 43.8. The Morgan fingerprint density at radius 3 is 1.21 bits per heavy atom. The highest BCUT2D eigenvalue weighted by Crippen LogP contribution is 2.16. The molecule has 0 saturated carbocycles. The Kier molecular flexibility index (Phi) is 47.1. The number of allylic oxidation sites excluding steroid dienone is 6. The minimum Gasteiger partial charge on any atom is -0.545 e. The van der Waals surface area contributed by atoms with E-state index in [0.29, 0.717) is 23.9 Å². The van der Waals surface area contributed by atoms with Gasteiger partial charge in [-0.05, 0) is 51.4 Å². The number of esters is 2. The predicted octanol–water partition coefficient (Wildman–Crippen LogP) is 14.4. The number of hydrogen-bond donors (Lipinski definition) is 0. The molecule has 0 amide bonds. The van der Waals surface area contributed by atoms with E-state index in [1.165, 1.54) is 167 Å². The second kappa shape index (κ2) is 48.9. The molecule has 0 aromatic heterocycles. The van der Waals surface area contributed by atoms with Crippen molar-refractivity contribution in [3.63, 3.8) is 0 Å². The molecule has 0 fully saturated rings. The van der Waals surface area contributed by atoms with E-state index >= 15 is 0 Å². The average Bonchev–Trinajstić information content (AvgIpc) is 3.28. The number of carboxylic acid groups (broad SMARTS) is 1. The third-order valence-corrected chi connectivity index (χ3v) is 12.1. The normalized spacial score (nSPS) is 13.0. The summed E-state index contributed by atoms with van der Waals surface area (Å²) in [5.41, 5.74) is 0. The van der Waals surface area contributed by atoms with Crippen LogP contribution in [0, 0.1) is 0 Å². The van der Waals surface area contributed by atoms with Gasteiger partial charge in [0, 0.05) is 12.8 Å². The van der Waals surface area contributed by atoms with E-state index in [-0.39, 0.29) is 32.2 Å². The lowest BCUT2D eigenvalue weighted by molar-refractivity contribution is -0.870. The van der Waals surface area contributed by atoms with Crippen LogP contribution in [0.3, 0.4) is 0 Å². The Morgan fingerprint density at radius 1 is 0.455 bits per heavy atom. The molecule has 2 unspecified atom stereocenters. The highest BCUT2D eigenvalue weighted by atomic mass is 16.7. The fourth-order valence-electron chi connectivity index (χ4n) is 7.84. The van der Waals surface area contributed by atoms with Crippen molar-refractivity contribution < 1.29 is 42.9 Å². The van der Waals surface area contributed by atoms with Crippen LogP contribution in [0.5, 0.6) is 0 Å². The molecule has 0 bridgehead atoms. The molecule has 0 saturated heterocycles. The van der Waals surface area contributed by atoms with Crippen molar-refractivity contribution in [3.8, 4) is 0 Å². The smallest absolute Gasteiger partial charge is 0.306 e. The van der Waals surface area contributed by atoms with Gasteiger partial charge in [-0.1, -0.05) is 224 Å². The van der Waals surface area contributed by atoms with E-state index in [2.05, 4.69) is 50.3 Å². The Balaban J connectivity index is 4.26. The third kappa shape index (κ3) is 49.4. The number of carboxylic acids is 1. The van der Waals surface area contributed by atoms with Gasteiger partial charge in [-0.25, -0.2) is 0 Å². The van der Waals surface area contributed by atoms with E-state index < -0.39 is 24.3 Å². The topological polar surface area (TPSA) is 111 Å². The van der Waals surface area contributed by atoms with Gasteiger partial charge in [0.25, 0.3) is 0 Å². The van der Waals surface area contributed by atoms with Crippen molar-refractivity contribution in [3.05, 3.63) is 36.5 Å². The van der Waals surface area contributed by atoms with Gasteiger partial charge in [0.2, 0.25) is 0 Å². The van der Waals surface area contributed by atoms with Crippen molar-refractivity contribution in [1.82, 2.24) is 0 Å². The molecule has 0 aliphatic carbocycles. The Labute approximate surface area is 407 Å². The molecule has 9 heteroatoms. The second-order valence-electron chi connectivity index (χ2n) is 19.9. The lowest BCUT2D eigenvalue weighted by Gasteiger charge is -2.26. The number of likely N-dealkylation sites (N-methyl/N-ethyl adjacent to an activating group) is 1. The Hall–Kier alpha value is -2.49. The van der Waals surface area contributed by atoms with Gasteiger partial charge in [-0.15, -0.1) is 0 Å². The summed E-state index contributed by atoms with van der Waals surface area (Å²) in [4.78, 5) is 37.2. The zero-order chi connectivity index (χ0) is 48.4. The van der Waals surface area contributed by atoms with Gasteiger partial charge >= 0.3 is 11.9 Å². The number of rotatable bonds is 51. The van der Waals surface area contributed by atoms with Crippen molar-refractivity contribution in [1.29, 1.82) is 0 Å². The van der Waals surface area contributed by atoms with Gasteiger partial charge < -0.3 is 33.3 Å². The van der Waals surface area contributed by atoms with Crippen LogP contribution >= 0.6 is 0 Å². The summed E-state index contributed by atoms with van der Waals surface area (Å²) in [6, 6.07) is 0. The molecule has 0 spiro atoms. The molecule has 0 aliphatic heterocycles. The second-order valence-corrected chi connectivity index (χ2v) is 19.9. The van der Waals surface area contributed by atoms with E-state index in [4.69, 9.17) is 18.9 Å². The molecule has 2 atom stereocenters. The largest absolute Gasteiger partial charge is 0.545 e. The molecule has 0 rings (SSSR count). The molecule has 0 heterocycles. The predicted molar refractivity (Wildman–Crippen MR) is 274 cm³/mol. The first-order valence-electron chi connectivity index (χ1n) is 27.6. The number of unbranched alkanes of at least 4 members (excludes halogenated alkanes) is 30. The van der Waals surface area contributed by atoms with Gasteiger partial charge in [-0.2, -0.15) is 0 Å². The molecule has 0 aromatic rings. The maximum absolute atomic E-state index is 12.8. The van der Waals surface area contributed by atoms with Gasteiger partial charge in [-0.3, -0.25) is 9.59 Å². The third-order valence-electron chi connectivity index (χ3n) is 12.1. The molecule has 0 aliphatic rings. The lowest BCUT2D eigenvalue weighted by atomic mass is 10.0. The van der Waals surface area contributed by atoms with Crippen LogP contribution in [0.4, 0.5) is 0 Å². The summed E-state index contributed by atoms with van der Waals surface area (Å²) in [5.74, 6) is -2.27. The first kappa shape index (κ1) is 63.5. The average molecular weight is 932 g/mol. The summed E-state index contributed by atoms with van der Waals surface area (Å²) >= 11 is 0. The SMILES string of the molecule is CCCCCCC/C=C\C/C=C\C/C=C\CCCCCCCCCCCCC(=O)OC(COC(=O)CCCCCCCCCCCCCCCCCC)COC(OCC[N+](C)(C)C)C(=O)[O-]. The van der Waals surface area contributed by atoms with Crippen LogP contribution in [0.1, 0.15) is 251 Å². The van der Waals surface area contributed by atoms with E-state index in [1.54, 1.807) is 0 Å². The number of nitrogens with zero attached hydrogens (tertiary/aromatic N) is 1. The van der Waals surface area contributed by atoms with Crippen LogP contribution in [-0.4, -0.2) is 82.3 Å². The lowest BCUT2D eigenvalue weighted by Crippen LogP contribution is -2.44. The van der Waals surface area contributed by atoms with E-state index in [0.717, 1.165) is 51.4 Å². The summed E-state index contributed by atoms with van der Waals surface area (Å²) in [6.45, 7) is 4.76. The number of quaternary nitrogens is 1. The molecule has 9 nitrogen and oxygen atoms in total. The number of carbonyl (C=O) groups is 3. The van der Waals surface area contributed by atoms with Crippen LogP contribution in [0.2, 0.25) is 0 Å². The fourth-order valence-corrected chi connectivity index (χ4v) is 7.84. The summed E-state index contributed by atoms with van der Waals surface area (Å²) in [7, 11) is 5.92. The van der Waals surface area contributed by atoms with Crippen LogP contribution < -0.4 is 5.11 Å². The molecule has 386 valence electrons. The minimum atomic E-state index is -1.62. The quantitative estimate of drug-likeness (QED) is 0.0195. The van der Waals surface area contributed by atoms with Gasteiger partial charge in [0.15, 0.2) is 12.4 Å². The van der Waals surface area contributed by atoms with Crippen molar-refractivity contribution >= 4 is 17.9 Å². The Bertz CT molecular complexity index is 1180. The number of hydrogen-bond acceptors (Lipinski definition) is 8. The Morgan fingerprint density at radius 2 is 0.818 bits per heavy atom. The van der Waals surface area contributed by atoms with Gasteiger partial charge in [0.1, 0.15) is 13.2 Å². The standard InChI is InChI=1S/C57H105NO8/c1-6-8-10-12-14-16-18-20-22-24-25-26-27-28-29-30-31-32-34-36-38-40-42-44-46-48-55(60)66-53(52-65-57(56(61)62)63-50-49-58(3,4)5)51-64-54(59)47-45-43-41-39-37-35-33-23-21-19-17-15-13-11-9-7-2/h18,20,24-25,27-28,53,57H,6-17,19,21-23,26,29-52H2,1-5H3/b20-18-,25-24-,28-27-. The van der Waals surface area contributed by atoms with Crippen molar-refractivity contribution in [2.24, 2.45) is 0 Å². The fraction of sp³-hybridized carbons (Fsp3) is 0.842. The highest BCUT2D eigenvalue weighted by molar-refractivity contribution is 5.70. The van der Waals surface area contributed by atoms with Crippen LogP contribution in [-0.2, 0) is 33.3 Å². The number of aliphatic carboxylic acids is 1. The molecule has 0 N–H and O–H groups in total.